The van der Waals surface area contributed by atoms with E-state index in [0.717, 1.165) is 69.6 Å². The first kappa shape index (κ1) is 21.7. The molecular formula is C28H32N2O4. The quantitative estimate of drug-likeness (QED) is 0.707. The van der Waals surface area contributed by atoms with Gasteiger partial charge in [-0.1, -0.05) is 36.4 Å². The SMILES string of the molecule is O=C(O)c1cccc2c1NCC(c1ccc([C@@H]3CC34CCN(C(=O)[C@H]3CCCO3)CC4)cc1)C2. The zero-order chi connectivity index (χ0) is 23.3. The van der Waals surface area contributed by atoms with Gasteiger partial charge in [-0.2, -0.15) is 0 Å². The van der Waals surface area contributed by atoms with Gasteiger partial charge in [-0.05, 0) is 72.6 Å². The van der Waals surface area contributed by atoms with E-state index in [4.69, 9.17) is 4.74 Å². The molecule has 1 unspecified atom stereocenters. The lowest BCUT2D eigenvalue weighted by atomic mass is 9.85. The fourth-order valence-corrected chi connectivity index (χ4v) is 6.48. The molecule has 3 aliphatic heterocycles. The van der Waals surface area contributed by atoms with Crippen LogP contribution in [0.1, 0.15) is 71.0 Å². The van der Waals surface area contributed by atoms with Crippen LogP contribution in [0, 0.1) is 5.41 Å². The first-order valence-electron chi connectivity index (χ1n) is 12.6. The maximum absolute atomic E-state index is 12.7. The van der Waals surface area contributed by atoms with E-state index < -0.39 is 5.97 Å². The van der Waals surface area contributed by atoms with Gasteiger partial charge in [-0.3, -0.25) is 4.79 Å². The van der Waals surface area contributed by atoms with Gasteiger partial charge in [0, 0.05) is 32.2 Å². The van der Waals surface area contributed by atoms with Crippen molar-refractivity contribution in [1.82, 2.24) is 4.90 Å². The summed E-state index contributed by atoms with van der Waals surface area (Å²) in [5.41, 5.74) is 5.29. The number of piperidine rings is 1. The molecule has 1 amide bonds. The first-order valence-corrected chi connectivity index (χ1v) is 12.6. The number of hydrogen-bond donors (Lipinski definition) is 2. The fourth-order valence-electron chi connectivity index (χ4n) is 6.48. The van der Waals surface area contributed by atoms with Gasteiger partial charge in [0.15, 0.2) is 0 Å². The highest BCUT2D eigenvalue weighted by Crippen LogP contribution is 2.65. The number of carboxylic acid groups (broad SMARTS) is 1. The molecule has 2 aromatic rings. The van der Waals surface area contributed by atoms with Crippen molar-refractivity contribution in [3.63, 3.8) is 0 Å². The number of aromatic carboxylic acids is 1. The second-order valence-corrected chi connectivity index (χ2v) is 10.5. The first-order chi connectivity index (χ1) is 16.5. The molecule has 6 nitrogen and oxygen atoms in total. The second-order valence-electron chi connectivity index (χ2n) is 10.5. The molecule has 1 saturated carbocycles. The van der Waals surface area contributed by atoms with Crippen LogP contribution in [-0.2, 0) is 16.0 Å². The molecule has 1 spiro atoms. The van der Waals surface area contributed by atoms with E-state index in [1.54, 1.807) is 6.07 Å². The summed E-state index contributed by atoms with van der Waals surface area (Å²) in [7, 11) is 0. The van der Waals surface area contributed by atoms with Crippen molar-refractivity contribution in [3.05, 3.63) is 64.7 Å². The van der Waals surface area contributed by atoms with Crippen molar-refractivity contribution in [3.8, 4) is 0 Å². The monoisotopic (exact) mass is 460 g/mol. The summed E-state index contributed by atoms with van der Waals surface area (Å²) >= 11 is 0. The van der Waals surface area contributed by atoms with Gasteiger partial charge in [0.2, 0.25) is 0 Å². The summed E-state index contributed by atoms with van der Waals surface area (Å²) in [5, 5.41) is 12.8. The van der Waals surface area contributed by atoms with Crippen LogP contribution in [0.2, 0.25) is 0 Å². The Bertz CT molecular complexity index is 1100. The fraction of sp³-hybridized carbons (Fsp3) is 0.500. The minimum atomic E-state index is -0.882. The lowest BCUT2D eigenvalue weighted by molar-refractivity contribution is -0.142. The Morgan fingerprint density at radius 2 is 1.82 bits per heavy atom. The molecule has 2 N–H and O–H groups in total. The number of para-hydroxylation sites is 1. The van der Waals surface area contributed by atoms with Crippen LogP contribution in [0.4, 0.5) is 5.69 Å². The zero-order valence-electron chi connectivity index (χ0n) is 19.5. The molecule has 3 heterocycles. The van der Waals surface area contributed by atoms with Crippen LogP contribution >= 0.6 is 0 Å². The minimum absolute atomic E-state index is 0.200. The molecule has 0 radical (unpaired) electrons. The summed E-state index contributed by atoms with van der Waals surface area (Å²) in [6.07, 6.45) is 5.93. The number of anilines is 1. The highest BCUT2D eigenvalue weighted by atomic mass is 16.5. The zero-order valence-corrected chi connectivity index (χ0v) is 19.5. The van der Waals surface area contributed by atoms with Crippen molar-refractivity contribution in [2.75, 3.05) is 31.6 Å². The molecule has 2 aromatic carbocycles. The number of nitrogens with one attached hydrogen (secondary N) is 1. The number of nitrogens with zero attached hydrogens (tertiary/aromatic N) is 1. The van der Waals surface area contributed by atoms with Gasteiger partial charge < -0.3 is 20.1 Å². The Hall–Kier alpha value is -2.86. The number of carbonyl (C=O) groups is 2. The van der Waals surface area contributed by atoms with Crippen LogP contribution in [0.25, 0.3) is 0 Å². The van der Waals surface area contributed by atoms with Gasteiger partial charge in [0.25, 0.3) is 5.91 Å². The lowest BCUT2D eigenvalue weighted by Crippen LogP contribution is -2.44. The Balaban J connectivity index is 1.08. The number of likely N-dealkylation sites (tertiary alicyclic amines) is 1. The third-order valence-corrected chi connectivity index (χ3v) is 8.65. The number of amides is 1. The minimum Gasteiger partial charge on any atom is -0.478 e. The average molecular weight is 461 g/mol. The van der Waals surface area contributed by atoms with E-state index in [2.05, 4.69) is 29.6 Å². The molecule has 178 valence electrons. The Morgan fingerprint density at radius 3 is 2.53 bits per heavy atom. The maximum atomic E-state index is 12.7. The van der Waals surface area contributed by atoms with Gasteiger partial charge in [0.1, 0.15) is 6.10 Å². The summed E-state index contributed by atoms with van der Waals surface area (Å²) in [5.74, 6) is 0.260. The van der Waals surface area contributed by atoms with Gasteiger partial charge in [0.05, 0.1) is 11.3 Å². The molecule has 6 heteroatoms. The normalized spacial score (nSPS) is 27.2. The summed E-state index contributed by atoms with van der Waals surface area (Å²) in [6.45, 7) is 3.19. The molecule has 4 aliphatic rings. The van der Waals surface area contributed by atoms with Crippen LogP contribution in [0.15, 0.2) is 42.5 Å². The van der Waals surface area contributed by atoms with Crippen molar-refractivity contribution in [2.45, 2.75) is 56.5 Å². The van der Waals surface area contributed by atoms with E-state index in [1.165, 1.54) is 17.5 Å². The lowest BCUT2D eigenvalue weighted by Gasteiger charge is -2.34. The molecule has 1 aliphatic carbocycles. The topological polar surface area (TPSA) is 78.9 Å². The van der Waals surface area contributed by atoms with E-state index in [-0.39, 0.29) is 12.0 Å². The Labute approximate surface area is 200 Å². The average Bonchev–Trinajstić information content (AvgIpc) is 3.28. The largest absolute Gasteiger partial charge is 0.478 e. The highest BCUT2D eigenvalue weighted by Gasteiger charge is 2.55. The number of rotatable bonds is 4. The Morgan fingerprint density at radius 1 is 1.06 bits per heavy atom. The molecule has 0 bridgehead atoms. The van der Waals surface area contributed by atoms with Crippen molar-refractivity contribution in [2.24, 2.45) is 5.41 Å². The predicted octanol–water partition coefficient (Wildman–Crippen LogP) is 4.41. The number of benzene rings is 2. The van der Waals surface area contributed by atoms with Crippen LogP contribution in [0.5, 0.6) is 0 Å². The van der Waals surface area contributed by atoms with Gasteiger partial charge in [-0.25, -0.2) is 4.79 Å². The van der Waals surface area contributed by atoms with Crippen LogP contribution in [-0.4, -0.2) is 54.2 Å². The molecule has 0 aromatic heterocycles. The standard InChI is InChI=1S/C28H32N2O4/c31-26(24-5-2-14-34-24)30-12-10-28(11-13-30)16-23(28)19-8-6-18(7-9-19)21-15-20-3-1-4-22(27(32)33)25(20)29-17-21/h1,3-4,6-9,21,23-24,29H,2,5,10-17H2,(H,32,33)/t21?,23-,24+/m0/s1. The number of carbonyl (C=O) groups excluding carboxylic acids is 1. The van der Waals surface area contributed by atoms with Gasteiger partial charge in [-0.15, -0.1) is 0 Å². The third-order valence-electron chi connectivity index (χ3n) is 8.65. The van der Waals surface area contributed by atoms with Crippen LogP contribution < -0.4 is 5.32 Å². The maximum Gasteiger partial charge on any atom is 0.337 e. The Kier molecular flexibility index (Phi) is 5.36. The van der Waals surface area contributed by atoms with Crippen molar-refractivity contribution in [1.29, 1.82) is 0 Å². The van der Waals surface area contributed by atoms with E-state index >= 15 is 0 Å². The predicted molar refractivity (Wildman–Crippen MR) is 129 cm³/mol. The van der Waals surface area contributed by atoms with E-state index in [1.807, 2.05) is 17.0 Å². The second kappa shape index (κ2) is 8.42. The molecule has 6 rings (SSSR count). The third kappa shape index (κ3) is 3.78. The van der Waals surface area contributed by atoms with Crippen molar-refractivity contribution >= 4 is 17.6 Å². The molecule has 34 heavy (non-hydrogen) atoms. The highest BCUT2D eigenvalue weighted by molar-refractivity contribution is 5.95. The molecule has 3 fully saturated rings. The number of fused-ring (bicyclic) bond motifs is 1. The summed E-state index contributed by atoms with van der Waals surface area (Å²) in [6, 6.07) is 14.6. The molecular weight excluding hydrogens is 428 g/mol. The van der Waals surface area contributed by atoms with Gasteiger partial charge >= 0.3 is 5.97 Å². The van der Waals surface area contributed by atoms with E-state index in [9.17, 15) is 14.7 Å². The summed E-state index contributed by atoms with van der Waals surface area (Å²) in [4.78, 5) is 26.2. The molecule has 2 saturated heterocycles. The number of ether oxygens (including phenoxy) is 1. The van der Waals surface area contributed by atoms with Crippen molar-refractivity contribution < 1.29 is 19.4 Å². The number of hydrogen-bond acceptors (Lipinski definition) is 4. The smallest absolute Gasteiger partial charge is 0.337 e. The van der Waals surface area contributed by atoms with E-state index in [0.29, 0.717) is 22.8 Å². The summed E-state index contributed by atoms with van der Waals surface area (Å²) < 4.78 is 5.60. The van der Waals surface area contributed by atoms with Crippen LogP contribution in [0.3, 0.4) is 0 Å². The number of carboxylic acids is 1. The molecule has 3 atom stereocenters.